The Balaban J connectivity index is 1.35. The molecule has 2 aromatic rings. The lowest BCUT2D eigenvalue weighted by molar-refractivity contribution is -0.134. The van der Waals surface area contributed by atoms with E-state index in [2.05, 4.69) is 10.3 Å². The van der Waals surface area contributed by atoms with Gasteiger partial charge in [-0.2, -0.15) is 0 Å². The first-order chi connectivity index (χ1) is 12.6. The maximum absolute atomic E-state index is 12.6. The zero-order chi connectivity index (χ0) is 18.1. The highest BCUT2D eigenvalue weighted by molar-refractivity contribution is 5.94. The van der Waals surface area contributed by atoms with Crippen LogP contribution in [0.5, 0.6) is 0 Å². The standard InChI is InChI=1S/C20H23N3O3/c1-14(19(25)23-11-9-20(7-8-20)10-12-23)22-17(24)18-21-13-16(26-18)15-5-3-2-4-6-15/h2-6,13-14H,7-12H2,1H3,(H,22,24). The molecule has 2 aliphatic rings. The molecule has 2 amide bonds. The van der Waals surface area contributed by atoms with E-state index in [4.69, 9.17) is 4.42 Å². The van der Waals surface area contributed by atoms with E-state index in [0.717, 1.165) is 31.5 Å². The third-order valence-electron chi connectivity index (χ3n) is 5.57. The maximum Gasteiger partial charge on any atom is 0.307 e. The van der Waals surface area contributed by atoms with E-state index in [1.54, 1.807) is 6.92 Å². The summed E-state index contributed by atoms with van der Waals surface area (Å²) in [6, 6.07) is 8.87. The summed E-state index contributed by atoms with van der Waals surface area (Å²) >= 11 is 0. The van der Waals surface area contributed by atoms with Crippen LogP contribution in [0.2, 0.25) is 0 Å². The molecular weight excluding hydrogens is 330 g/mol. The van der Waals surface area contributed by atoms with Crippen LogP contribution in [0.4, 0.5) is 0 Å². The molecule has 1 atom stereocenters. The Morgan fingerprint density at radius 2 is 1.85 bits per heavy atom. The van der Waals surface area contributed by atoms with Gasteiger partial charge in [-0.15, -0.1) is 0 Å². The minimum atomic E-state index is -0.595. The summed E-state index contributed by atoms with van der Waals surface area (Å²) in [5.74, 6) is -0.00744. The highest BCUT2D eigenvalue weighted by Gasteiger charge is 2.45. The van der Waals surface area contributed by atoms with Crippen molar-refractivity contribution in [3.8, 4) is 11.3 Å². The molecule has 2 fully saturated rings. The molecule has 1 unspecified atom stereocenters. The summed E-state index contributed by atoms with van der Waals surface area (Å²) in [6.45, 7) is 3.29. The Labute approximate surface area is 152 Å². The Morgan fingerprint density at radius 1 is 1.15 bits per heavy atom. The second-order valence-electron chi connectivity index (χ2n) is 7.42. The minimum absolute atomic E-state index is 0.0286. The van der Waals surface area contributed by atoms with E-state index in [1.807, 2.05) is 35.2 Å². The number of piperidine rings is 1. The van der Waals surface area contributed by atoms with Gasteiger partial charge in [-0.1, -0.05) is 30.3 Å². The Hall–Kier alpha value is -2.63. The van der Waals surface area contributed by atoms with Crippen LogP contribution in [-0.2, 0) is 4.79 Å². The fourth-order valence-corrected chi connectivity index (χ4v) is 3.59. The predicted octanol–water partition coefficient (Wildman–Crippen LogP) is 2.86. The number of aromatic nitrogens is 1. The van der Waals surface area contributed by atoms with Gasteiger partial charge in [-0.3, -0.25) is 9.59 Å². The third kappa shape index (κ3) is 3.36. The molecule has 6 nitrogen and oxygen atoms in total. The van der Waals surface area contributed by atoms with Crippen LogP contribution in [0.15, 0.2) is 40.9 Å². The summed E-state index contributed by atoms with van der Waals surface area (Å²) in [5, 5.41) is 2.71. The lowest BCUT2D eigenvalue weighted by atomic mass is 9.93. The van der Waals surface area contributed by atoms with Crippen LogP contribution >= 0.6 is 0 Å². The normalized spacial score (nSPS) is 19.2. The minimum Gasteiger partial charge on any atom is -0.432 e. The molecular formula is C20H23N3O3. The van der Waals surface area contributed by atoms with Gasteiger partial charge in [-0.25, -0.2) is 4.98 Å². The van der Waals surface area contributed by atoms with Gasteiger partial charge < -0.3 is 14.6 Å². The van der Waals surface area contributed by atoms with E-state index >= 15 is 0 Å². The highest BCUT2D eigenvalue weighted by Crippen LogP contribution is 2.53. The van der Waals surface area contributed by atoms with Crippen LogP contribution < -0.4 is 5.32 Å². The molecule has 1 aliphatic heterocycles. The average Bonchev–Trinajstić information content (AvgIpc) is 3.23. The van der Waals surface area contributed by atoms with E-state index in [9.17, 15) is 9.59 Å². The van der Waals surface area contributed by atoms with Crippen LogP contribution in [0.25, 0.3) is 11.3 Å². The number of amides is 2. The molecule has 0 bridgehead atoms. The van der Waals surface area contributed by atoms with Crippen molar-refractivity contribution in [2.45, 2.75) is 38.6 Å². The molecule has 4 rings (SSSR count). The monoisotopic (exact) mass is 353 g/mol. The Kier molecular flexibility index (Phi) is 4.26. The lowest BCUT2D eigenvalue weighted by Crippen LogP contribution is -2.49. The first-order valence-electron chi connectivity index (χ1n) is 9.17. The number of hydrogen-bond donors (Lipinski definition) is 1. The number of carbonyl (C=O) groups excluding carboxylic acids is 2. The molecule has 1 aromatic carbocycles. The van der Waals surface area contributed by atoms with Crippen molar-refractivity contribution in [1.82, 2.24) is 15.2 Å². The smallest absolute Gasteiger partial charge is 0.307 e. The predicted molar refractivity (Wildman–Crippen MR) is 96.3 cm³/mol. The number of nitrogens with zero attached hydrogens (tertiary/aromatic N) is 2. The van der Waals surface area contributed by atoms with Gasteiger partial charge in [-0.05, 0) is 38.0 Å². The van der Waals surface area contributed by atoms with Crippen molar-refractivity contribution in [3.63, 3.8) is 0 Å². The van der Waals surface area contributed by atoms with Gasteiger partial charge in [0.2, 0.25) is 5.91 Å². The fraction of sp³-hybridized carbons (Fsp3) is 0.450. The summed E-state index contributed by atoms with van der Waals surface area (Å²) in [7, 11) is 0. The Bertz CT molecular complexity index is 801. The molecule has 26 heavy (non-hydrogen) atoms. The maximum atomic E-state index is 12.6. The number of nitrogens with one attached hydrogen (secondary N) is 1. The number of hydrogen-bond acceptors (Lipinski definition) is 4. The number of rotatable bonds is 4. The van der Waals surface area contributed by atoms with Gasteiger partial charge in [0.15, 0.2) is 5.76 Å². The molecule has 0 radical (unpaired) electrons. The quantitative estimate of drug-likeness (QED) is 0.917. The average molecular weight is 353 g/mol. The number of oxazole rings is 1. The van der Waals surface area contributed by atoms with Crippen molar-refractivity contribution in [1.29, 1.82) is 0 Å². The largest absolute Gasteiger partial charge is 0.432 e. The van der Waals surface area contributed by atoms with E-state index in [1.165, 1.54) is 19.0 Å². The number of benzene rings is 1. The number of likely N-dealkylation sites (tertiary alicyclic amines) is 1. The fourth-order valence-electron chi connectivity index (χ4n) is 3.59. The van der Waals surface area contributed by atoms with Crippen molar-refractivity contribution < 1.29 is 14.0 Å². The third-order valence-corrected chi connectivity index (χ3v) is 5.57. The highest BCUT2D eigenvalue weighted by atomic mass is 16.4. The first kappa shape index (κ1) is 16.8. The molecule has 1 spiro atoms. The summed E-state index contributed by atoms with van der Waals surface area (Å²) in [4.78, 5) is 30.8. The van der Waals surface area contributed by atoms with Crippen LogP contribution in [0.1, 0.15) is 43.3 Å². The topological polar surface area (TPSA) is 75.4 Å². The molecule has 6 heteroatoms. The van der Waals surface area contributed by atoms with Crippen molar-refractivity contribution in [3.05, 3.63) is 42.4 Å². The second-order valence-corrected chi connectivity index (χ2v) is 7.42. The first-order valence-corrected chi connectivity index (χ1v) is 9.17. The van der Waals surface area contributed by atoms with Gasteiger partial charge in [0.25, 0.3) is 5.89 Å². The zero-order valence-corrected chi connectivity index (χ0v) is 14.9. The van der Waals surface area contributed by atoms with Crippen LogP contribution in [0, 0.1) is 5.41 Å². The van der Waals surface area contributed by atoms with Crippen molar-refractivity contribution >= 4 is 11.8 Å². The van der Waals surface area contributed by atoms with Crippen LogP contribution in [-0.4, -0.2) is 40.8 Å². The zero-order valence-electron chi connectivity index (χ0n) is 14.9. The van der Waals surface area contributed by atoms with E-state index in [-0.39, 0.29) is 11.8 Å². The molecule has 136 valence electrons. The molecule has 1 aromatic heterocycles. The Morgan fingerprint density at radius 3 is 2.50 bits per heavy atom. The SMILES string of the molecule is CC(NC(=O)c1ncc(-c2ccccc2)o1)C(=O)N1CCC2(CC1)CC2. The van der Waals surface area contributed by atoms with Gasteiger partial charge in [0.1, 0.15) is 6.04 Å². The number of carbonyl (C=O) groups is 2. The molecule has 1 N–H and O–H groups in total. The van der Waals surface area contributed by atoms with E-state index in [0.29, 0.717) is 11.2 Å². The summed E-state index contributed by atoms with van der Waals surface area (Å²) < 4.78 is 5.55. The lowest BCUT2D eigenvalue weighted by Gasteiger charge is -2.33. The van der Waals surface area contributed by atoms with Gasteiger partial charge >= 0.3 is 5.91 Å². The second kappa shape index (κ2) is 6.59. The summed E-state index contributed by atoms with van der Waals surface area (Å²) in [6.07, 6.45) is 6.29. The van der Waals surface area contributed by atoms with Crippen LogP contribution in [0.3, 0.4) is 0 Å². The molecule has 1 saturated heterocycles. The van der Waals surface area contributed by atoms with Gasteiger partial charge in [0.05, 0.1) is 6.20 Å². The van der Waals surface area contributed by atoms with Crippen molar-refractivity contribution in [2.75, 3.05) is 13.1 Å². The summed E-state index contributed by atoms with van der Waals surface area (Å²) in [5.41, 5.74) is 1.38. The molecule has 1 saturated carbocycles. The molecule has 1 aliphatic carbocycles. The van der Waals surface area contributed by atoms with Crippen molar-refractivity contribution in [2.24, 2.45) is 5.41 Å². The van der Waals surface area contributed by atoms with E-state index < -0.39 is 11.9 Å². The molecule has 2 heterocycles. The van der Waals surface area contributed by atoms with Gasteiger partial charge in [0, 0.05) is 18.7 Å².